The van der Waals surface area contributed by atoms with Crippen molar-refractivity contribution < 1.29 is 66.2 Å². The van der Waals surface area contributed by atoms with Crippen LogP contribution in [0.3, 0.4) is 0 Å². The largest absolute Gasteiger partial charge is 0.497 e. The first-order chi connectivity index (χ1) is 70.5. The highest BCUT2D eigenvalue weighted by Crippen LogP contribution is 2.47. The Bertz CT molecular complexity index is 6870. The van der Waals surface area contributed by atoms with Crippen molar-refractivity contribution in [3.63, 3.8) is 0 Å². The van der Waals surface area contributed by atoms with Crippen LogP contribution in [0, 0.1) is 5.82 Å². The van der Waals surface area contributed by atoms with Gasteiger partial charge in [-0.25, -0.2) is 23.6 Å². The molecule has 14 aromatic rings. The molecule has 145 heavy (non-hydrogen) atoms. The number of piperidine rings is 2. The van der Waals surface area contributed by atoms with Crippen LogP contribution >= 0.6 is 46.4 Å². The number of rotatable bonds is 21. The number of nitrogens with one attached hydrogen (secondary N) is 4. The van der Waals surface area contributed by atoms with Gasteiger partial charge in [-0.2, -0.15) is 0 Å². The maximum absolute atomic E-state index is 13.6. The summed E-state index contributed by atoms with van der Waals surface area (Å²) in [5.74, 6) is 4.42. The number of amides is 4. The molecule has 25 nitrogen and oxygen atoms in total. The Morgan fingerprint density at radius 1 is 0.310 bits per heavy atom. The van der Waals surface area contributed by atoms with Crippen LogP contribution in [0.2, 0.25) is 20.1 Å². The Kier molecular flexibility index (Phi) is 32.0. The van der Waals surface area contributed by atoms with Gasteiger partial charge in [-0.1, -0.05) is 108 Å². The van der Waals surface area contributed by atoms with Gasteiger partial charge in [0.1, 0.15) is 83.4 Å². The van der Waals surface area contributed by atoms with E-state index < -0.39 is 18.2 Å². The van der Waals surface area contributed by atoms with Gasteiger partial charge in [-0.15, -0.1) is 0 Å². The van der Waals surface area contributed by atoms with Crippen LogP contribution in [0.1, 0.15) is 169 Å². The lowest BCUT2D eigenvalue weighted by atomic mass is 9.92. The molecule has 10 aromatic carbocycles. The fourth-order valence-electron chi connectivity index (χ4n) is 22.3. The number of ether oxygens (including phenoxy) is 9. The number of methoxy groups -OCH3 is 3. The molecule has 0 radical (unpaired) electrons. The monoisotopic (exact) mass is 2040 g/mol. The van der Waals surface area contributed by atoms with Crippen molar-refractivity contribution in [1.29, 1.82) is 0 Å². The summed E-state index contributed by atoms with van der Waals surface area (Å²) in [5, 5.41) is 7.16. The Morgan fingerprint density at radius 3 is 0.869 bits per heavy atom. The molecule has 4 fully saturated rings. The predicted octanol–water partition coefficient (Wildman–Crippen LogP) is 24.6. The molecule has 0 bridgehead atoms. The zero-order valence-electron chi connectivity index (χ0n) is 83.0. The summed E-state index contributed by atoms with van der Waals surface area (Å²) in [6.45, 7) is 9.47. The average molecular weight is 2040 g/mol. The van der Waals surface area contributed by atoms with Gasteiger partial charge >= 0.3 is 24.4 Å². The van der Waals surface area contributed by atoms with Crippen LogP contribution in [0.25, 0.3) is 43.6 Å². The lowest BCUT2D eigenvalue weighted by Crippen LogP contribution is -2.42. The second-order valence-corrected chi connectivity index (χ2v) is 40.7. The summed E-state index contributed by atoms with van der Waals surface area (Å²) >= 11 is 25.2. The van der Waals surface area contributed by atoms with Gasteiger partial charge in [0.15, 0.2) is 0 Å². The number of aromatic amines is 4. The van der Waals surface area contributed by atoms with Crippen LogP contribution in [0.5, 0.6) is 40.2 Å². The molecular weight excluding hydrogens is 1920 g/mol. The molecule has 758 valence electrons. The average Bonchev–Trinajstić information content (AvgIpc) is 1.62. The van der Waals surface area contributed by atoms with Crippen molar-refractivity contribution in [3.05, 3.63) is 312 Å². The zero-order valence-corrected chi connectivity index (χ0v) is 86.0. The van der Waals surface area contributed by atoms with Gasteiger partial charge in [0, 0.05) is 137 Å². The molecule has 8 unspecified atom stereocenters. The van der Waals surface area contributed by atoms with Gasteiger partial charge in [0.05, 0.1) is 34.5 Å². The third kappa shape index (κ3) is 23.0. The summed E-state index contributed by atoms with van der Waals surface area (Å²) in [6, 6.07) is 69.0. The Balaban J connectivity index is 0.000000123. The van der Waals surface area contributed by atoms with Crippen molar-refractivity contribution in [3.8, 4) is 40.2 Å². The minimum Gasteiger partial charge on any atom is -0.497 e. The Morgan fingerprint density at radius 2 is 0.579 bits per heavy atom. The van der Waals surface area contributed by atoms with Gasteiger partial charge in [-0.3, -0.25) is 19.6 Å². The van der Waals surface area contributed by atoms with Crippen LogP contribution in [0.15, 0.2) is 218 Å². The van der Waals surface area contributed by atoms with Crippen molar-refractivity contribution in [2.45, 2.75) is 151 Å². The van der Waals surface area contributed by atoms with E-state index in [2.05, 4.69) is 67.7 Å². The fourth-order valence-corrected chi connectivity index (χ4v) is 23.0. The number of nitrogens with zero attached hydrogens (tertiary/aromatic N) is 8. The summed E-state index contributed by atoms with van der Waals surface area (Å²) in [4.78, 5) is 83.1. The van der Waals surface area contributed by atoms with Crippen molar-refractivity contribution >= 4 is 114 Å². The van der Waals surface area contributed by atoms with Gasteiger partial charge in [0.25, 0.3) is 0 Å². The number of H-pyrrole nitrogens is 4. The summed E-state index contributed by atoms with van der Waals surface area (Å²) in [7, 11) is 13.2. The predicted molar refractivity (Wildman–Crippen MR) is 567 cm³/mol. The van der Waals surface area contributed by atoms with Crippen molar-refractivity contribution in [1.82, 2.24) is 59.1 Å². The molecule has 12 heterocycles. The molecule has 8 aliphatic rings. The zero-order chi connectivity index (χ0) is 100. The highest BCUT2D eigenvalue weighted by molar-refractivity contribution is 6.32. The van der Waals surface area contributed by atoms with Crippen LogP contribution < -0.4 is 33.2 Å². The first-order valence-electron chi connectivity index (χ1n) is 50.5. The van der Waals surface area contributed by atoms with E-state index >= 15 is 0 Å². The molecule has 4 saturated heterocycles. The molecule has 4 aromatic heterocycles. The summed E-state index contributed by atoms with van der Waals surface area (Å²) in [5.41, 5.74) is 16.7. The fraction of sp³-hybridized carbons (Fsp3) is 0.374. The van der Waals surface area contributed by atoms with Gasteiger partial charge in [-0.05, 0) is 359 Å². The molecule has 8 aliphatic heterocycles. The quantitative estimate of drug-likeness (QED) is 0.0523. The number of likely N-dealkylation sites (tertiary alicyclic amines) is 4. The molecule has 4 N–H and O–H groups in total. The lowest BCUT2D eigenvalue weighted by molar-refractivity contribution is 0.107. The number of fused-ring (bicyclic) bond motifs is 12. The van der Waals surface area contributed by atoms with E-state index in [4.69, 9.17) is 89.0 Å². The SMILES string of the molecule is CN1CCCC1CCOc1ccc(C2c3[nH]c4ccc(Cl)cc4c3CCN2C(=O)Oc2ccc(F)cc2)cc1.COC(=O)N1CCc2c([nH]c3ccc(Cl)cc23)C1c1ccc(OCC2CCCCN2C)cc1.COC(=O)N1CCc2c([nH]c3ccc(Cl)cc23)C1c1ccc(OCCC2CCCN2C)cc1.COc1ccc(OC(=O)N2CCc3c([nH]c4ccc(Cl)cc34)C2c2ccc(OCC3CCCCN3C)cc2)cc1. The molecular formula is C115H125Cl4FN12O13. The molecule has 0 saturated carbocycles. The van der Waals surface area contributed by atoms with E-state index in [-0.39, 0.29) is 36.1 Å². The van der Waals surface area contributed by atoms with E-state index in [0.717, 1.165) is 169 Å². The normalized spacial score (nSPS) is 20.1. The number of hydrogen-bond acceptors (Lipinski definition) is 17. The van der Waals surface area contributed by atoms with E-state index in [1.165, 1.54) is 120 Å². The van der Waals surface area contributed by atoms with Gasteiger partial charge in [0.2, 0.25) is 0 Å². The lowest BCUT2D eigenvalue weighted by Gasteiger charge is -2.35. The first-order valence-corrected chi connectivity index (χ1v) is 52.0. The number of carbonyl (C=O) groups excluding carboxylic acids is 4. The number of benzene rings is 10. The standard InChI is InChI=1S/C32H34ClN3O4.C31H31ClFN3O3.2C26H30ClN3O3/c1-35-17-4-3-5-23(35)20-39-25-9-6-21(7-10-25)31-30-27(28-19-22(33)8-15-29(28)34-30)16-18-36(31)32(37)40-26-13-11-24(38-2)12-14-26;1-35-16-2-3-23(35)15-18-38-24-9-4-20(5-10-24)30-29-26(27-19-21(32)6-13-28(27)34-29)14-17-36(30)31(37)39-25-11-7-22(33)8-12-25;1-29-13-3-4-19(29)12-15-33-20-8-5-17(6-9-20)25-24-21(11-14-30(25)26(31)32-2)22-16-18(27)7-10-23(22)28-24;1-29-13-4-3-5-19(29)16-33-20-9-6-17(7-10-20)25-24-21(12-14-30(25)26(31)32-2)22-15-18(27)8-11-23(22)28-24/h6-15,19,23,31,34H,3-5,16-18,20H2,1-2H3;4-13,19,23,30,34H,2-3,14-18H2,1H3;5-10,16,19,25,28H,3-4,11-15H2,1-2H3;6-11,15,19,25,28H,3-5,12-14,16H2,1-2H3. The maximum atomic E-state index is 13.6. The van der Waals surface area contributed by atoms with Crippen LogP contribution in [-0.2, 0) is 35.2 Å². The van der Waals surface area contributed by atoms with Gasteiger partial charge < -0.3 is 82.2 Å². The number of hydrogen-bond donors (Lipinski definition) is 4. The highest BCUT2D eigenvalue weighted by atomic mass is 35.5. The van der Waals surface area contributed by atoms with Crippen molar-refractivity contribution in [2.75, 3.05) is 128 Å². The highest BCUT2D eigenvalue weighted by Gasteiger charge is 2.42. The second-order valence-electron chi connectivity index (χ2n) is 39.0. The Hall–Kier alpha value is -12.6. The number of aromatic nitrogens is 4. The number of halogens is 5. The smallest absolute Gasteiger partial charge is 0.416 e. The molecule has 30 heteroatoms. The summed E-state index contributed by atoms with van der Waals surface area (Å²) < 4.78 is 64.7. The maximum Gasteiger partial charge on any atom is 0.416 e. The minimum atomic E-state index is -0.491. The first kappa shape index (κ1) is 101. The van der Waals surface area contributed by atoms with E-state index in [9.17, 15) is 23.6 Å². The Labute approximate surface area is 865 Å². The topological polar surface area (TPSA) is 240 Å². The number of carbonyl (C=O) groups is 4. The van der Waals surface area contributed by atoms with E-state index in [0.29, 0.717) is 127 Å². The van der Waals surface area contributed by atoms with Crippen LogP contribution in [0.4, 0.5) is 23.6 Å². The molecule has 4 amide bonds. The molecule has 0 aliphatic carbocycles. The van der Waals surface area contributed by atoms with Crippen LogP contribution in [-0.4, -0.2) is 236 Å². The second kappa shape index (κ2) is 46.0. The molecule has 22 rings (SSSR count). The van der Waals surface area contributed by atoms with E-state index in [1.807, 2.05) is 170 Å². The third-order valence-electron chi connectivity index (χ3n) is 30.2. The minimum absolute atomic E-state index is 0.256. The van der Waals surface area contributed by atoms with Crippen molar-refractivity contribution in [2.24, 2.45) is 0 Å². The third-order valence-corrected chi connectivity index (χ3v) is 31.2. The molecule has 8 atom stereocenters. The number of likely N-dealkylation sites (N-methyl/N-ethyl adjacent to an activating group) is 2. The van der Waals surface area contributed by atoms with E-state index in [1.54, 1.807) is 51.0 Å². The molecule has 0 spiro atoms. The summed E-state index contributed by atoms with van der Waals surface area (Å²) in [6.07, 6.45) is 15.7.